The molecule has 0 radical (unpaired) electrons. The summed E-state index contributed by atoms with van der Waals surface area (Å²) in [6.07, 6.45) is 4.34. The molecule has 1 unspecified atom stereocenters. The fraction of sp³-hybridized carbons (Fsp3) is 0.545. The van der Waals surface area contributed by atoms with Gasteiger partial charge in [0.05, 0.1) is 31.6 Å². The van der Waals surface area contributed by atoms with E-state index in [2.05, 4.69) is 51.2 Å². The van der Waals surface area contributed by atoms with Crippen molar-refractivity contribution < 1.29 is 4.74 Å². The Morgan fingerprint density at radius 2 is 2.17 bits per heavy atom. The van der Waals surface area contributed by atoms with Gasteiger partial charge in [0.2, 0.25) is 0 Å². The molecule has 0 spiro atoms. The van der Waals surface area contributed by atoms with Crippen molar-refractivity contribution in [1.82, 2.24) is 25.1 Å². The molecule has 0 bridgehead atoms. The van der Waals surface area contributed by atoms with Gasteiger partial charge in [0, 0.05) is 33.3 Å². The molecule has 1 saturated heterocycles. The normalized spacial score (nSPS) is 17.0. The van der Waals surface area contributed by atoms with Crippen molar-refractivity contribution in [3.8, 4) is 11.3 Å². The second-order valence-electron chi connectivity index (χ2n) is 7.49. The van der Waals surface area contributed by atoms with Gasteiger partial charge in [-0.05, 0) is 31.9 Å². The van der Waals surface area contributed by atoms with Crippen molar-refractivity contribution in [1.29, 1.82) is 0 Å². The predicted octanol–water partition coefficient (Wildman–Crippen LogP) is 3.20. The maximum absolute atomic E-state index is 5.25. The molecule has 166 valence electrons. The molecule has 1 aromatic carbocycles. The Bertz CT molecular complexity index is 766. The summed E-state index contributed by atoms with van der Waals surface area (Å²) in [5, 5.41) is 3.41. The van der Waals surface area contributed by atoms with Crippen LogP contribution in [-0.2, 0) is 11.3 Å². The summed E-state index contributed by atoms with van der Waals surface area (Å²) in [4.78, 5) is 17.5. The molecule has 1 aliphatic heterocycles. The molecule has 7 nitrogen and oxygen atoms in total. The van der Waals surface area contributed by atoms with Gasteiger partial charge in [0.1, 0.15) is 5.82 Å². The minimum atomic E-state index is 0. The Balaban J connectivity index is 0.00000320. The van der Waals surface area contributed by atoms with Crippen molar-refractivity contribution in [2.45, 2.75) is 32.4 Å². The molecule has 3 rings (SSSR count). The fourth-order valence-corrected chi connectivity index (χ4v) is 3.77. The summed E-state index contributed by atoms with van der Waals surface area (Å²) in [6, 6.07) is 10.8. The maximum atomic E-state index is 5.25. The molecule has 2 aromatic rings. The number of hydrogen-bond donors (Lipinski definition) is 2. The van der Waals surface area contributed by atoms with E-state index in [-0.39, 0.29) is 24.0 Å². The number of methoxy groups -OCH3 is 1. The highest BCUT2D eigenvalue weighted by Crippen LogP contribution is 2.18. The number of imidazole rings is 1. The minimum absolute atomic E-state index is 0. The molecule has 2 N–H and O–H groups in total. The third-order valence-electron chi connectivity index (χ3n) is 5.33. The Labute approximate surface area is 197 Å². The van der Waals surface area contributed by atoms with Gasteiger partial charge in [0.25, 0.3) is 0 Å². The number of aliphatic imine (C=N–C) groups is 1. The molecule has 2 heterocycles. The molecular formula is C22H35IN6O. The Morgan fingerprint density at radius 1 is 1.37 bits per heavy atom. The third kappa shape index (κ3) is 6.95. The lowest BCUT2D eigenvalue weighted by Crippen LogP contribution is -2.40. The van der Waals surface area contributed by atoms with Crippen LogP contribution < -0.4 is 5.32 Å². The number of H-pyrrole nitrogens is 1. The van der Waals surface area contributed by atoms with Gasteiger partial charge >= 0.3 is 0 Å². The van der Waals surface area contributed by atoms with Crippen LogP contribution >= 0.6 is 24.0 Å². The summed E-state index contributed by atoms with van der Waals surface area (Å²) < 4.78 is 5.25. The zero-order valence-corrected chi connectivity index (χ0v) is 20.6. The Kier molecular flexibility index (Phi) is 10.6. The minimum Gasteiger partial charge on any atom is -0.383 e. The number of ether oxygens (including phenoxy) is 1. The first-order chi connectivity index (χ1) is 14.2. The average Bonchev–Trinajstić information content (AvgIpc) is 3.39. The van der Waals surface area contributed by atoms with Crippen LogP contribution in [0.2, 0.25) is 0 Å². The SMILES string of the molecule is CCNC(=NCC1CCCN1CCOC)N(C)Cc1ncc(-c2ccccc2)[nH]1.I. The lowest BCUT2D eigenvalue weighted by molar-refractivity contribution is 0.142. The topological polar surface area (TPSA) is 68.8 Å². The van der Waals surface area contributed by atoms with Crippen LogP contribution in [0, 0.1) is 0 Å². The van der Waals surface area contributed by atoms with E-state index in [0.717, 1.165) is 55.8 Å². The second-order valence-corrected chi connectivity index (χ2v) is 7.49. The van der Waals surface area contributed by atoms with Crippen molar-refractivity contribution in [2.24, 2.45) is 4.99 Å². The van der Waals surface area contributed by atoms with Crippen LogP contribution in [0.15, 0.2) is 41.5 Å². The largest absolute Gasteiger partial charge is 0.383 e. The summed E-state index contributed by atoms with van der Waals surface area (Å²) in [7, 11) is 3.82. The molecule has 8 heteroatoms. The monoisotopic (exact) mass is 526 g/mol. The molecule has 0 amide bonds. The van der Waals surface area contributed by atoms with Crippen molar-refractivity contribution in [3.63, 3.8) is 0 Å². The van der Waals surface area contributed by atoms with Crippen molar-refractivity contribution >= 4 is 29.9 Å². The summed E-state index contributed by atoms with van der Waals surface area (Å²) in [6.45, 7) is 7.34. The number of aromatic amines is 1. The highest BCUT2D eigenvalue weighted by molar-refractivity contribution is 14.0. The van der Waals surface area contributed by atoms with Crippen LogP contribution in [0.25, 0.3) is 11.3 Å². The van der Waals surface area contributed by atoms with Gasteiger partial charge < -0.3 is 19.9 Å². The van der Waals surface area contributed by atoms with Gasteiger partial charge in [-0.15, -0.1) is 24.0 Å². The molecule has 30 heavy (non-hydrogen) atoms. The number of nitrogens with one attached hydrogen (secondary N) is 2. The van der Waals surface area contributed by atoms with E-state index < -0.39 is 0 Å². The number of hydrogen-bond acceptors (Lipinski definition) is 4. The van der Waals surface area contributed by atoms with E-state index in [0.29, 0.717) is 12.6 Å². The second kappa shape index (κ2) is 12.9. The van der Waals surface area contributed by atoms with Gasteiger partial charge in [-0.25, -0.2) is 4.98 Å². The van der Waals surface area contributed by atoms with Gasteiger partial charge in [-0.2, -0.15) is 0 Å². The maximum Gasteiger partial charge on any atom is 0.194 e. The Morgan fingerprint density at radius 3 is 2.90 bits per heavy atom. The number of guanidine groups is 1. The van der Waals surface area contributed by atoms with Crippen molar-refractivity contribution in [2.75, 3.05) is 46.9 Å². The van der Waals surface area contributed by atoms with E-state index in [1.54, 1.807) is 7.11 Å². The standard InChI is InChI=1S/C22H34N6O.HI/c1-4-23-22(25-15-19-11-8-12-28(19)13-14-29-3)27(2)17-21-24-16-20(26-21)18-9-6-5-7-10-18;/h5-7,9-10,16,19H,4,8,11-15,17H2,1-3H3,(H,23,25)(H,24,26);1H. The smallest absolute Gasteiger partial charge is 0.194 e. The van der Waals surface area contributed by atoms with E-state index in [1.807, 2.05) is 24.4 Å². The van der Waals surface area contributed by atoms with E-state index in [1.165, 1.54) is 12.8 Å². The van der Waals surface area contributed by atoms with Crippen LogP contribution in [0.3, 0.4) is 0 Å². The highest BCUT2D eigenvalue weighted by atomic mass is 127. The molecule has 0 aliphatic carbocycles. The number of nitrogens with zero attached hydrogens (tertiary/aromatic N) is 4. The average molecular weight is 526 g/mol. The molecule has 1 atom stereocenters. The van der Waals surface area contributed by atoms with E-state index in [4.69, 9.17) is 9.73 Å². The zero-order valence-electron chi connectivity index (χ0n) is 18.3. The third-order valence-corrected chi connectivity index (χ3v) is 5.33. The van der Waals surface area contributed by atoms with Crippen molar-refractivity contribution in [3.05, 3.63) is 42.4 Å². The quantitative estimate of drug-likeness (QED) is 0.299. The first-order valence-electron chi connectivity index (χ1n) is 10.5. The van der Waals surface area contributed by atoms with Gasteiger partial charge in [0.15, 0.2) is 5.96 Å². The lowest BCUT2D eigenvalue weighted by atomic mass is 10.2. The number of likely N-dealkylation sites (tertiary alicyclic amines) is 1. The number of aromatic nitrogens is 2. The number of benzene rings is 1. The Hall–Kier alpha value is -1.65. The van der Waals surface area contributed by atoms with Crippen LogP contribution in [-0.4, -0.2) is 78.7 Å². The summed E-state index contributed by atoms with van der Waals surface area (Å²) >= 11 is 0. The van der Waals surface area contributed by atoms with Crippen LogP contribution in [0.5, 0.6) is 0 Å². The fourth-order valence-electron chi connectivity index (χ4n) is 3.77. The molecule has 1 fully saturated rings. The van der Waals surface area contributed by atoms with E-state index >= 15 is 0 Å². The van der Waals surface area contributed by atoms with Crippen LogP contribution in [0.4, 0.5) is 0 Å². The van der Waals surface area contributed by atoms with Crippen LogP contribution in [0.1, 0.15) is 25.6 Å². The molecule has 1 aromatic heterocycles. The summed E-state index contributed by atoms with van der Waals surface area (Å²) in [5.74, 6) is 1.85. The molecular weight excluding hydrogens is 491 g/mol. The highest BCUT2D eigenvalue weighted by Gasteiger charge is 2.24. The lowest BCUT2D eigenvalue weighted by Gasteiger charge is -2.25. The molecule has 1 aliphatic rings. The first-order valence-corrected chi connectivity index (χ1v) is 10.5. The predicted molar refractivity (Wildman–Crippen MR) is 133 cm³/mol. The van der Waals surface area contributed by atoms with E-state index in [9.17, 15) is 0 Å². The zero-order chi connectivity index (χ0) is 20.5. The molecule has 0 saturated carbocycles. The van der Waals surface area contributed by atoms with Gasteiger partial charge in [-0.1, -0.05) is 30.3 Å². The first kappa shape index (κ1) is 24.6. The number of rotatable bonds is 9. The summed E-state index contributed by atoms with van der Waals surface area (Å²) in [5.41, 5.74) is 2.18. The van der Waals surface area contributed by atoms with Gasteiger partial charge in [-0.3, -0.25) is 9.89 Å². The number of halogens is 1.